The third-order valence-corrected chi connectivity index (χ3v) is 4.61. The minimum atomic E-state index is -0.484. The van der Waals surface area contributed by atoms with Crippen molar-refractivity contribution in [2.75, 3.05) is 11.4 Å². The van der Waals surface area contributed by atoms with Gasteiger partial charge in [0.25, 0.3) is 0 Å². The zero-order valence-electron chi connectivity index (χ0n) is 14.4. The van der Waals surface area contributed by atoms with E-state index in [1.807, 2.05) is 55.5 Å². The van der Waals surface area contributed by atoms with E-state index in [0.29, 0.717) is 17.8 Å². The summed E-state index contributed by atoms with van der Waals surface area (Å²) in [4.78, 5) is 30.9. The summed E-state index contributed by atoms with van der Waals surface area (Å²) >= 11 is 0. The van der Waals surface area contributed by atoms with Gasteiger partial charge in [-0.15, -0.1) is 0 Å². The van der Waals surface area contributed by atoms with Gasteiger partial charge in [-0.05, 0) is 31.2 Å². The van der Waals surface area contributed by atoms with E-state index in [0.717, 1.165) is 16.6 Å². The molecule has 0 saturated carbocycles. The van der Waals surface area contributed by atoms with Gasteiger partial charge in [0, 0.05) is 30.2 Å². The molecule has 5 heteroatoms. The number of fused-ring (bicyclic) bond motifs is 1. The Kier molecular flexibility index (Phi) is 4.13. The molecule has 4 rings (SSSR count). The van der Waals surface area contributed by atoms with Crippen LogP contribution < -0.4 is 9.64 Å². The van der Waals surface area contributed by atoms with Gasteiger partial charge in [-0.25, -0.2) is 0 Å². The molecular formula is C21H18N2O3. The largest absolute Gasteiger partial charge is 0.424 e. The highest BCUT2D eigenvalue weighted by Crippen LogP contribution is 2.28. The Labute approximate surface area is 151 Å². The molecule has 130 valence electrons. The van der Waals surface area contributed by atoms with Crippen LogP contribution in [0.2, 0.25) is 0 Å². The Morgan fingerprint density at radius 1 is 1.12 bits per heavy atom. The molecule has 1 aromatic heterocycles. The van der Waals surface area contributed by atoms with Crippen LogP contribution in [-0.2, 0) is 9.59 Å². The lowest BCUT2D eigenvalue weighted by molar-refractivity contribution is -0.139. The lowest BCUT2D eigenvalue weighted by Crippen LogP contribution is -2.27. The summed E-state index contributed by atoms with van der Waals surface area (Å²) in [5, 5.41) is 0.904. The van der Waals surface area contributed by atoms with Gasteiger partial charge in [-0.2, -0.15) is 0 Å². The van der Waals surface area contributed by atoms with Crippen LogP contribution >= 0.6 is 0 Å². The Morgan fingerprint density at radius 3 is 2.69 bits per heavy atom. The number of aromatic nitrogens is 1. The van der Waals surface area contributed by atoms with E-state index in [-0.39, 0.29) is 12.3 Å². The molecule has 1 saturated heterocycles. The van der Waals surface area contributed by atoms with E-state index in [9.17, 15) is 9.59 Å². The first-order valence-corrected chi connectivity index (χ1v) is 8.54. The molecule has 0 N–H and O–H groups in total. The molecule has 5 nitrogen and oxygen atoms in total. The van der Waals surface area contributed by atoms with E-state index in [2.05, 4.69) is 4.98 Å². The maximum Gasteiger partial charge on any atom is 0.316 e. The Hall–Kier alpha value is -3.21. The maximum atomic E-state index is 12.6. The zero-order valence-corrected chi connectivity index (χ0v) is 14.4. The summed E-state index contributed by atoms with van der Waals surface area (Å²) in [5.74, 6) is -0.518. The normalized spacial score (nSPS) is 16.9. The molecule has 2 aromatic carbocycles. The minimum absolute atomic E-state index is 0.0631. The van der Waals surface area contributed by atoms with Gasteiger partial charge in [0.15, 0.2) is 5.75 Å². The van der Waals surface area contributed by atoms with Crippen LogP contribution in [0, 0.1) is 12.8 Å². The number of amides is 1. The number of ether oxygens (including phenoxy) is 1. The van der Waals surface area contributed by atoms with Gasteiger partial charge in [0.2, 0.25) is 5.91 Å². The first-order valence-electron chi connectivity index (χ1n) is 8.54. The van der Waals surface area contributed by atoms with Crippen LogP contribution in [0.3, 0.4) is 0 Å². The predicted molar refractivity (Wildman–Crippen MR) is 99.0 cm³/mol. The molecule has 1 atom stereocenters. The van der Waals surface area contributed by atoms with Crippen LogP contribution in [0.25, 0.3) is 10.9 Å². The van der Waals surface area contributed by atoms with Gasteiger partial charge in [0.1, 0.15) is 5.52 Å². The molecule has 1 fully saturated rings. The molecule has 0 spiro atoms. The van der Waals surface area contributed by atoms with Gasteiger partial charge in [0.05, 0.1) is 5.92 Å². The van der Waals surface area contributed by atoms with Gasteiger partial charge >= 0.3 is 5.97 Å². The molecule has 1 aliphatic heterocycles. The highest BCUT2D eigenvalue weighted by Gasteiger charge is 2.36. The van der Waals surface area contributed by atoms with Crippen LogP contribution in [0.1, 0.15) is 12.0 Å². The average Bonchev–Trinajstić information content (AvgIpc) is 3.05. The van der Waals surface area contributed by atoms with Crippen molar-refractivity contribution in [2.24, 2.45) is 5.92 Å². The monoisotopic (exact) mass is 346 g/mol. The van der Waals surface area contributed by atoms with E-state index < -0.39 is 11.9 Å². The van der Waals surface area contributed by atoms with Crippen LogP contribution in [0.15, 0.2) is 60.8 Å². The van der Waals surface area contributed by atoms with Gasteiger partial charge in [-0.1, -0.05) is 35.9 Å². The van der Waals surface area contributed by atoms with Gasteiger partial charge < -0.3 is 9.64 Å². The topological polar surface area (TPSA) is 59.5 Å². The summed E-state index contributed by atoms with van der Waals surface area (Å²) in [5.41, 5.74) is 2.57. The molecule has 2 heterocycles. The van der Waals surface area contributed by atoms with E-state index in [1.54, 1.807) is 17.2 Å². The molecule has 0 unspecified atom stereocenters. The number of hydrogen-bond acceptors (Lipinski definition) is 4. The fourth-order valence-electron chi connectivity index (χ4n) is 3.19. The van der Waals surface area contributed by atoms with Crippen molar-refractivity contribution in [2.45, 2.75) is 13.3 Å². The third-order valence-electron chi connectivity index (χ3n) is 4.61. The average molecular weight is 346 g/mol. The van der Waals surface area contributed by atoms with Crippen LogP contribution in [0.5, 0.6) is 5.75 Å². The molecule has 26 heavy (non-hydrogen) atoms. The van der Waals surface area contributed by atoms with E-state index in [4.69, 9.17) is 4.74 Å². The highest BCUT2D eigenvalue weighted by atomic mass is 16.5. The van der Waals surface area contributed by atoms with Crippen LogP contribution in [-0.4, -0.2) is 23.4 Å². The number of aryl methyl sites for hydroxylation is 1. The second-order valence-electron chi connectivity index (χ2n) is 6.49. The van der Waals surface area contributed by atoms with Crippen molar-refractivity contribution in [3.05, 3.63) is 66.4 Å². The first-order chi connectivity index (χ1) is 12.6. The van der Waals surface area contributed by atoms with E-state index >= 15 is 0 Å². The second-order valence-corrected chi connectivity index (χ2v) is 6.49. The lowest BCUT2D eigenvalue weighted by atomic mass is 10.1. The molecule has 1 aliphatic rings. The van der Waals surface area contributed by atoms with Crippen molar-refractivity contribution < 1.29 is 14.3 Å². The Balaban J connectivity index is 1.52. The highest BCUT2D eigenvalue weighted by molar-refractivity contribution is 6.00. The molecule has 1 amide bonds. The Morgan fingerprint density at radius 2 is 1.88 bits per heavy atom. The number of anilines is 1. The second kappa shape index (κ2) is 6.59. The summed E-state index contributed by atoms with van der Waals surface area (Å²) in [7, 11) is 0. The molecular weight excluding hydrogens is 328 g/mol. The summed E-state index contributed by atoms with van der Waals surface area (Å²) < 4.78 is 5.58. The van der Waals surface area contributed by atoms with Crippen molar-refractivity contribution in [3.8, 4) is 5.75 Å². The van der Waals surface area contributed by atoms with Crippen molar-refractivity contribution >= 4 is 28.5 Å². The van der Waals surface area contributed by atoms with E-state index in [1.165, 1.54) is 0 Å². The quantitative estimate of drug-likeness (QED) is 0.538. The number of nitrogens with zero attached hydrogens (tertiary/aromatic N) is 2. The molecule has 3 aromatic rings. The molecule has 0 bridgehead atoms. The standard InChI is InChI=1S/C21H18N2O3/c1-14-7-9-17(10-8-14)23-13-16(12-19(23)24)21(25)26-18-6-2-4-15-5-3-11-22-20(15)18/h2-11,16H,12-13H2,1H3/t16-/m0/s1. The number of esters is 1. The fourth-order valence-corrected chi connectivity index (χ4v) is 3.19. The third kappa shape index (κ3) is 3.04. The fraction of sp³-hybridized carbons (Fsp3) is 0.190. The number of carbonyl (C=O) groups is 2. The number of rotatable bonds is 3. The SMILES string of the molecule is Cc1ccc(N2C[C@@H](C(=O)Oc3cccc4cccnc34)CC2=O)cc1. The summed E-state index contributed by atoms with van der Waals surface area (Å²) in [6, 6.07) is 16.9. The van der Waals surface area contributed by atoms with Crippen molar-refractivity contribution in [1.82, 2.24) is 4.98 Å². The summed E-state index contributed by atoms with van der Waals surface area (Å²) in [6.07, 6.45) is 1.82. The maximum absolute atomic E-state index is 12.6. The predicted octanol–water partition coefficient (Wildman–Crippen LogP) is 3.50. The number of hydrogen-bond donors (Lipinski definition) is 0. The smallest absolute Gasteiger partial charge is 0.316 e. The van der Waals surface area contributed by atoms with Crippen molar-refractivity contribution in [3.63, 3.8) is 0 Å². The molecule has 0 radical (unpaired) electrons. The number of carbonyl (C=O) groups excluding carboxylic acids is 2. The van der Waals surface area contributed by atoms with Crippen LogP contribution in [0.4, 0.5) is 5.69 Å². The molecule has 0 aliphatic carbocycles. The Bertz CT molecular complexity index is 977. The summed E-state index contributed by atoms with van der Waals surface area (Å²) in [6.45, 7) is 2.33. The number of pyridine rings is 1. The van der Waals surface area contributed by atoms with Gasteiger partial charge in [-0.3, -0.25) is 14.6 Å². The zero-order chi connectivity index (χ0) is 18.1. The van der Waals surface area contributed by atoms with Crippen molar-refractivity contribution in [1.29, 1.82) is 0 Å². The number of benzene rings is 2. The lowest BCUT2D eigenvalue weighted by Gasteiger charge is -2.16. The minimum Gasteiger partial charge on any atom is -0.424 e. The first kappa shape index (κ1) is 16.3. The number of para-hydroxylation sites is 1.